The molecule has 0 radical (unpaired) electrons. The highest BCUT2D eigenvalue weighted by atomic mass is 35.5. The summed E-state index contributed by atoms with van der Waals surface area (Å²) >= 11 is 5.85. The number of hydrogen-bond acceptors (Lipinski definition) is 3. The fourth-order valence-electron chi connectivity index (χ4n) is 1.21. The SMILES string of the molecule is CC(C)C(=O)Nc1ccc(Cl)cc1NC(=O)CN. The zero-order valence-corrected chi connectivity index (χ0v) is 11.0. The number of carbonyl (C=O) groups excluding carboxylic acids is 2. The molecule has 0 unspecified atom stereocenters. The fraction of sp³-hybridized carbons (Fsp3) is 0.333. The molecular weight excluding hydrogens is 254 g/mol. The van der Waals surface area contributed by atoms with Gasteiger partial charge in [-0.2, -0.15) is 0 Å². The number of nitrogens with one attached hydrogen (secondary N) is 2. The Hall–Kier alpha value is -1.59. The first-order chi connectivity index (χ1) is 8.43. The van der Waals surface area contributed by atoms with Gasteiger partial charge in [0.25, 0.3) is 0 Å². The van der Waals surface area contributed by atoms with Crippen molar-refractivity contribution in [2.75, 3.05) is 17.2 Å². The largest absolute Gasteiger partial charge is 0.324 e. The molecule has 0 aliphatic carbocycles. The van der Waals surface area contributed by atoms with E-state index in [1.54, 1.807) is 32.0 Å². The summed E-state index contributed by atoms with van der Waals surface area (Å²) in [5.41, 5.74) is 6.16. The Balaban J connectivity index is 2.96. The van der Waals surface area contributed by atoms with Gasteiger partial charge in [-0.3, -0.25) is 9.59 Å². The summed E-state index contributed by atoms with van der Waals surface area (Å²) in [5, 5.41) is 5.76. The van der Waals surface area contributed by atoms with Gasteiger partial charge in [0.15, 0.2) is 0 Å². The molecule has 1 aromatic rings. The lowest BCUT2D eigenvalue weighted by Gasteiger charge is -2.13. The predicted molar refractivity (Wildman–Crippen MR) is 72.6 cm³/mol. The summed E-state index contributed by atoms with van der Waals surface area (Å²) in [5.74, 6) is -0.642. The molecule has 4 N–H and O–H groups in total. The first kappa shape index (κ1) is 14.5. The molecule has 0 atom stereocenters. The van der Waals surface area contributed by atoms with Gasteiger partial charge in [-0.25, -0.2) is 0 Å². The second-order valence-electron chi connectivity index (χ2n) is 4.09. The number of carbonyl (C=O) groups is 2. The average Bonchev–Trinajstić information content (AvgIpc) is 2.32. The van der Waals surface area contributed by atoms with Gasteiger partial charge >= 0.3 is 0 Å². The van der Waals surface area contributed by atoms with Crippen molar-refractivity contribution >= 4 is 34.8 Å². The van der Waals surface area contributed by atoms with E-state index in [0.717, 1.165) is 0 Å². The van der Waals surface area contributed by atoms with E-state index < -0.39 is 0 Å². The highest BCUT2D eigenvalue weighted by molar-refractivity contribution is 6.31. The van der Waals surface area contributed by atoms with Crippen molar-refractivity contribution in [2.45, 2.75) is 13.8 Å². The van der Waals surface area contributed by atoms with E-state index in [-0.39, 0.29) is 24.3 Å². The molecule has 0 aliphatic heterocycles. The van der Waals surface area contributed by atoms with Gasteiger partial charge in [0, 0.05) is 10.9 Å². The number of rotatable bonds is 4. The zero-order valence-electron chi connectivity index (χ0n) is 10.3. The molecule has 6 heteroatoms. The third kappa shape index (κ3) is 4.01. The van der Waals surface area contributed by atoms with Gasteiger partial charge in [-0.1, -0.05) is 25.4 Å². The third-order valence-corrected chi connectivity index (χ3v) is 2.46. The van der Waals surface area contributed by atoms with Crippen LogP contribution >= 0.6 is 11.6 Å². The molecule has 0 saturated carbocycles. The average molecular weight is 270 g/mol. The van der Waals surface area contributed by atoms with Crippen LogP contribution in [-0.4, -0.2) is 18.4 Å². The summed E-state index contributed by atoms with van der Waals surface area (Å²) in [6.07, 6.45) is 0. The van der Waals surface area contributed by atoms with Crippen LogP contribution in [0.4, 0.5) is 11.4 Å². The highest BCUT2D eigenvalue weighted by Gasteiger charge is 2.12. The normalized spacial score (nSPS) is 10.3. The minimum Gasteiger partial charge on any atom is -0.324 e. The highest BCUT2D eigenvalue weighted by Crippen LogP contribution is 2.26. The van der Waals surface area contributed by atoms with Crippen LogP contribution in [0.1, 0.15) is 13.8 Å². The Labute approximate surface area is 111 Å². The number of anilines is 2. The van der Waals surface area contributed by atoms with Gasteiger partial charge in [-0.05, 0) is 18.2 Å². The summed E-state index contributed by atoms with van der Waals surface area (Å²) in [6.45, 7) is 3.43. The molecule has 18 heavy (non-hydrogen) atoms. The minimum absolute atomic E-state index is 0.135. The summed E-state index contributed by atoms with van der Waals surface area (Å²) < 4.78 is 0. The number of amides is 2. The van der Waals surface area contributed by atoms with Crippen LogP contribution < -0.4 is 16.4 Å². The van der Waals surface area contributed by atoms with Crippen molar-refractivity contribution in [1.29, 1.82) is 0 Å². The van der Waals surface area contributed by atoms with Crippen LogP contribution in [-0.2, 0) is 9.59 Å². The second-order valence-corrected chi connectivity index (χ2v) is 4.52. The molecular formula is C12H16ClN3O2. The Morgan fingerprint density at radius 1 is 1.28 bits per heavy atom. The molecule has 98 valence electrons. The fourth-order valence-corrected chi connectivity index (χ4v) is 1.38. The van der Waals surface area contributed by atoms with Crippen molar-refractivity contribution in [1.82, 2.24) is 0 Å². The third-order valence-electron chi connectivity index (χ3n) is 2.22. The number of halogens is 1. The Morgan fingerprint density at radius 3 is 2.50 bits per heavy atom. The maximum absolute atomic E-state index is 11.6. The molecule has 0 fully saturated rings. The Bertz CT molecular complexity index is 461. The van der Waals surface area contributed by atoms with Gasteiger partial charge in [0.1, 0.15) is 0 Å². The first-order valence-corrected chi connectivity index (χ1v) is 5.92. The van der Waals surface area contributed by atoms with Gasteiger partial charge < -0.3 is 16.4 Å². The zero-order chi connectivity index (χ0) is 13.7. The summed E-state index contributed by atoms with van der Waals surface area (Å²) in [7, 11) is 0. The molecule has 0 spiro atoms. The van der Waals surface area contributed by atoms with Crippen LogP contribution in [0.15, 0.2) is 18.2 Å². The van der Waals surface area contributed by atoms with Gasteiger partial charge in [-0.15, -0.1) is 0 Å². The van der Waals surface area contributed by atoms with Crippen molar-refractivity contribution in [3.8, 4) is 0 Å². The monoisotopic (exact) mass is 269 g/mol. The van der Waals surface area contributed by atoms with Crippen LogP contribution in [0.3, 0.4) is 0 Å². The summed E-state index contributed by atoms with van der Waals surface area (Å²) in [4.78, 5) is 22.9. The Kier molecular flexibility index (Phi) is 5.12. The number of hydrogen-bond donors (Lipinski definition) is 3. The number of nitrogens with two attached hydrogens (primary N) is 1. The standard InChI is InChI=1S/C12H16ClN3O2/c1-7(2)12(18)16-9-4-3-8(13)5-10(9)15-11(17)6-14/h3-5,7H,6,14H2,1-2H3,(H,15,17)(H,16,18). The lowest BCUT2D eigenvalue weighted by molar-refractivity contribution is -0.119. The lowest BCUT2D eigenvalue weighted by atomic mass is 10.2. The summed E-state index contributed by atoms with van der Waals surface area (Å²) in [6, 6.07) is 4.83. The molecule has 0 aromatic heterocycles. The van der Waals surface area contributed by atoms with E-state index in [0.29, 0.717) is 16.4 Å². The van der Waals surface area contributed by atoms with E-state index >= 15 is 0 Å². The van der Waals surface area contributed by atoms with Crippen LogP contribution in [0.2, 0.25) is 5.02 Å². The van der Waals surface area contributed by atoms with E-state index in [4.69, 9.17) is 17.3 Å². The van der Waals surface area contributed by atoms with Gasteiger partial charge in [0.05, 0.1) is 17.9 Å². The van der Waals surface area contributed by atoms with Gasteiger partial charge in [0.2, 0.25) is 11.8 Å². The van der Waals surface area contributed by atoms with E-state index in [1.807, 2.05) is 0 Å². The lowest BCUT2D eigenvalue weighted by Crippen LogP contribution is -2.24. The smallest absolute Gasteiger partial charge is 0.238 e. The van der Waals surface area contributed by atoms with Crippen LogP contribution in [0.5, 0.6) is 0 Å². The predicted octanol–water partition coefficient (Wildman–Crippen LogP) is 1.83. The molecule has 2 amide bonds. The van der Waals surface area contributed by atoms with Crippen molar-refractivity contribution < 1.29 is 9.59 Å². The maximum atomic E-state index is 11.6. The minimum atomic E-state index is -0.350. The molecule has 0 bridgehead atoms. The molecule has 0 saturated heterocycles. The second kappa shape index (κ2) is 6.37. The van der Waals surface area contributed by atoms with Crippen LogP contribution in [0, 0.1) is 5.92 Å². The first-order valence-electron chi connectivity index (χ1n) is 5.54. The van der Waals surface area contributed by atoms with Crippen molar-refractivity contribution in [2.24, 2.45) is 11.7 Å². The quantitative estimate of drug-likeness (QED) is 0.780. The number of benzene rings is 1. The van der Waals surface area contributed by atoms with E-state index in [1.165, 1.54) is 0 Å². The van der Waals surface area contributed by atoms with E-state index in [2.05, 4.69) is 10.6 Å². The molecule has 0 heterocycles. The maximum Gasteiger partial charge on any atom is 0.238 e. The van der Waals surface area contributed by atoms with E-state index in [9.17, 15) is 9.59 Å². The molecule has 1 rings (SSSR count). The van der Waals surface area contributed by atoms with Crippen molar-refractivity contribution in [3.63, 3.8) is 0 Å². The molecule has 0 aliphatic rings. The van der Waals surface area contributed by atoms with Crippen molar-refractivity contribution in [3.05, 3.63) is 23.2 Å². The molecule has 5 nitrogen and oxygen atoms in total. The Morgan fingerprint density at radius 2 is 1.94 bits per heavy atom. The van der Waals surface area contributed by atoms with Crippen LogP contribution in [0.25, 0.3) is 0 Å². The molecule has 1 aromatic carbocycles. The topological polar surface area (TPSA) is 84.2 Å².